The van der Waals surface area contributed by atoms with Gasteiger partial charge in [-0.05, 0) is 36.8 Å². The van der Waals surface area contributed by atoms with Crippen molar-refractivity contribution in [3.05, 3.63) is 47.5 Å². The molecular formula is C14H14N4. The van der Waals surface area contributed by atoms with Gasteiger partial charge in [0.05, 0.1) is 11.6 Å². The minimum atomic E-state index is 0.632. The summed E-state index contributed by atoms with van der Waals surface area (Å²) in [6.07, 6.45) is 0. The fourth-order valence-corrected chi connectivity index (χ4v) is 1.61. The lowest BCUT2D eigenvalue weighted by atomic mass is 10.1. The van der Waals surface area contributed by atoms with Gasteiger partial charge in [-0.2, -0.15) is 5.26 Å². The number of nitrogens with zero attached hydrogens (tertiary/aromatic N) is 2. The molecule has 2 rings (SSSR count). The first-order chi connectivity index (χ1) is 8.72. The minimum Gasteiger partial charge on any atom is -0.373 e. The number of rotatable bonds is 3. The lowest BCUT2D eigenvalue weighted by Gasteiger charge is -2.10. The van der Waals surface area contributed by atoms with Gasteiger partial charge in [0.25, 0.3) is 0 Å². The molecule has 90 valence electrons. The van der Waals surface area contributed by atoms with Crippen LogP contribution in [-0.4, -0.2) is 12.0 Å². The molecule has 0 radical (unpaired) electrons. The second kappa shape index (κ2) is 5.19. The molecule has 2 aromatic rings. The van der Waals surface area contributed by atoms with E-state index in [9.17, 15) is 0 Å². The van der Waals surface area contributed by atoms with Crippen LogP contribution in [0.1, 0.15) is 11.1 Å². The van der Waals surface area contributed by atoms with Gasteiger partial charge < -0.3 is 10.6 Å². The van der Waals surface area contributed by atoms with Crippen molar-refractivity contribution >= 4 is 17.3 Å². The fraction of sp³-hybridized carbons (Fsp3) is 0.143. The summed E-state index contributed by atoms with van der Waals surface area (Å²) in [5, 5.41) is 15.1. The molecule has 1 aromatic carbocycles. The van der Waals surface area contributed by atoms with E-state index in [4.69, 9.17) is 5.26 Å². The van der Waals surface area contributed by atoms with E-state index in [-0.39, 0.29) is 0 Å². The molecule has 0 spiro atoms. The van der Waals surface area contributed by atoms with E-state index in [0.717, 1.165) is 22.9 Å². The van der Waals surface area contributed by atoms with Crippen LogP contribution in [0.3, 0.4) is 0 Å². The second-order valence-corrected chi connectivity index (χ2v) is 3.92. The Morgan fingerprint density at radius 3 is 2.67 bits per heavy atom. The predicted molar refractivity (Wildman–Crippen MR) is 73.0 cm³/mol. The third-order valence-electron chi connectivity index (χ3n) is 2.63. The zero-order valence-corrected chi connectivity index (χ0v) is 10.4. The van der Waals surface area contributed by atoms with E-state index in [1.54, 1.807) is 6.07 Å². The normalized spacial score (nSPS) is 9.61. The molecule has 2 N–H and O–H groups in total. The lowest BCUT2D eigenvalue weighted by Crippen LogP contribution is -1.99. The highest BCUT2D eigenvalue weighted by Crippen LogP contribution is 2.21. The molecular weight excluding hydrogens is 224 g/mol. The van der Waals surface area contributed by atoms with Crippen LogP contribution in [0.4, 0.5) is 17.3 Å². The number of aryl methyl sites for hydroxylation is 1. The quantitative estimate of drug-likeness (QED) is 0.862. The monoisotopic (exact) mass is 238 g/mol. The van der Waals surface area contributed by atoms with Crippen LogP contribution >= 0.6 is 0 Å². The average Bonchev–Trinajstić information content (AvgIpc) is 2.41. The van der Waals surface area contributed by atoms with E-state index in [1.165, 1.54) is 0 Å². The molecule has 0 saturated carbocycles. The summed E-state index contributed by atoms with van der Waals surface area (Å²) in [5.41, 5.74) is 2.60. The summed E-state index contributed by atoms with van der Waals surface area (Å²) < 4.78 is 0. The zero-order chi connectivity index (χ0) is 13.0. The number of benzene rings is 1. The summed E-state index contributed by atoms with van der Waals surface area (Å²) in [5.74, 6) is 1.55. The number of nitrogens with one attached hydrogen (secondary N) is 2. The highest BCUT2D eigenvalue weighted by atomic mass is 15.1. The minimum absolute atomic E-state index is 0.632. The zero-order valence-electron chi connectivity index (χ0n) is 10.4. The maximum atomic E-state index is 8.90. The van der Waals surface area contributed by atoms with Gasteiger partial charge in [-0.3, -0.25) is 0 Å². The largest absolute Gasteiger partial charge is 0.373 e. The molecule has 0 aliphatic heterocycles. The molecule has 4 heteroatoms. The van der Waals surface area contributed by atoms with Crippen molar-refractivity contribution in [2.45, 2.75) is 6.92 Å². The molecule has 0 fully saturated rings. The van der Waals surface area contributed by atoms with Crippen molar-refractivity contribution in [2.75, 3.05) is 17.7 Å². The van der Waals surface area contributed by atoms with Crippen LogP contribution in [0.5, 0.6) is 0 Å². The average molecular weight is 238 g/mol. The van der Waals surface area contributed by atoms with Crippen LogP contribution in [0.15, 0.2) is 36.4 Å². The van der Waals surface area contributed by atoms with Gasteiger partial charge in [0.1, 0.15) is 11.6 Å². The van der Waals surface area contributed by atoms with E-state index in [2.05, 4.69) is 21.7 Å². The Hall–Kier alpha value is -2.54. The Labute approximate surface area is 106 Å². The first-order valence-electron chi connectivity index (χ1n) is 5.65. The standard InChI is InChI=1S/C14H14N4/c1-10-6-7-11(9-15)8-12(10)17-14-5-3-4-13(16-2)18-14/h3-8H,1-2H3,(H2,16,17,18). The highest BCUT2D eigenvalue weighted by molar-refractivity contribution is 5.63. The molecule has 1 heterocycles. The topological polar surface area (TPSA) is 60.7 Å². The third kappa shape index (κ3) is 2.58. The summed E-state index contributed by atoms with van der Waals surface area (Å²) >= 11 is 0. The number of nitriles is 1. The summed E-state index contributed by atoms with van der Waals surface area (Å²) in [6.45, 7) is 1.99. The van der Waals surface area contributed by atoms with E-state index < -0.39 is 0 Å². The molecule has 0 unspecified atom stereocenters. The highest BCUT2D eigenvalue weighted by Gasteiger charge is 2.02. The van der Waals surface area contributed by atoms with Crippen LogP contribution in [-0.2, 0) is 0 Å². The molecule has 4 nitrogen and oxygen atoms in total. The first kappa shape index (κ1) is 11.9. The number of aromatic nitrogens is 1. The van der Waals surface area contributed by atoms with Gasteiger partial charge in [-0.15, -0.1) is 0 Å². The number of pyridine rings is 1. The summed E-state index contributed by atoms with van der Waals surface area (Å²) in [6, 6.07) is 13.4. The number of anilines is 3. The maximum Gasteiger partial charge on any atom is 0.132 e. The van der Waals surface area contributed by atoms with Crippen molar-refractivity contribution in [1.82, 2.24) is 4.98 Å². The molecule has 0 aliphatic rings. The van der Waals surface area contributed by atoms with Crippen molar-refractivity contribution < 1.29 is 0 Å². The smallest absolute Gasteiger partial charge is 0.132 e. The third-order valence-corrected chi connectivity index (χ3v) is 2.63. The van der Waals surface area contributed by atoms with Crippen LogP contribution in [0.2, 0.25) is 0 Å². The number of hydrogen-bond donors (Lipinski definition) is 2. The van der Waals surface area contributed by atoms with E-state index in [0.29, 0.717) is 5.56 Å². The molecule has 1 aromatic heterocycles. The van der Waals surface area contributed by atoms with E-state index >= 15 is 0 Å². The van der Waals surface area contributed by atoms with E-state index in [1.807, 2.05) is 44.3 Å². The fourth-order valence-electron chi connectivity index (χ4n) is 1.61. The van der Waals surface area contributed by atoms with Crippen LogP contribution in [0, 0.1) is 18.3 Å². The molecule has 0 bridgehead atoms. The van der Waals surface area contributed by atoms with Crippen molar-refractivity contribution in [3.8, 4) is 6.07 Å². The molecule has 18 heavy (non-hydrogen) atoms. The number of hydrogen-bond acceptors (Lipinski definition) is 4. The van der Waals surface area contributed by atoms with Crippen LogP contribution < -0.4 is 10.6 Å². The van der Waals surface area contributed by atoms with Gasteiger partial charge in [-0.1, -0.05) is 12.1 Å². The lowest BCUT2D eigenvalue weighted by molar-refractivity contribution is 1.27. The van der Waals surface area contributed by atoms with Crippen molar-refractivity contribution in [1.29, 1.82) is 5.26 Å². The van der Waals surface area contributed by atoms with Gasteiger partial charge in [0.15, 0.2) is 0 Å². The summed E-state index contributed by atoms with van der Waals surface area (Å²) in [4.78, 5) is 4.38. The van der Waals surface area contributed by atoms with Crippen molar-refractivity contribution in [3.63, 3.8) is 0 Å². The Morgan fingerprint density at radius 1 is 1.17 bits per heavy atom. The summed E-state index contributed by atoms with van der Waals surface area (Å²) in [7, 11) is 1.83. The molecule has 0 aliphatic carbocycles. The Kier molecular flexibility index (Phi) is 3.44. The Balaban J connectivity index is 2.30. The predicted octanol–water partition coefficient (Wildman–Crippen LogP) is 3.05. The van der Waals surface area contributed by atoms with Crippen LogP contribution in [0.25, 0.3) is 0 Å². The Bertz CT molecular complexity index is 599. The molecule has 0 saturated heterocycles. The van der Waals surface area contributed by atoms with Gasteiger partial charge in [-0.25, -0.2) is 4.98 Å². The first-order valence-corrected chi connectivity index (χ1v) is 5.65. The van der Waals surface area contributed by atoms with Gasteiger partial charge in [0.2, 0.25) is 0 Å². The second-order valence-electron chi connectivity index (χ2n) is 3.92. The maximum absolute atomic E-state index is 8.90. The Morgan fingerprint density at radius 2 is 1.94 bits per heavy atom. The van der Waals surface area contributed by atoms with Gasteiger partial charge in [0, 0.05) is 12.7 Å². The molecule has 0 atom stereocenters. The van der Waals surface area contributed by atoms with Gasteiger partial charge >= 0.3 is 0 Å². The molecule has 0 amide bonds. The SMILES string of the molecule is CNc1cccc(Nc2cc(C#N)ccc2C)n1. The van der Waals surface area contributed by atoms with Crippen molar-refractivity contribution in [2.24, 2.45) is 0 Å².